The van der Waals surface area contributed by atoms with Gasteiger partial charge in [-0.15, -0.1) is 0 Å². The summed E-state index contributed by atoms with van der Waals surface area (Å²) < 4.78 is 6.84. The summed E-state index contributed by atoms with van der Waals surface area (Å²) in [4.78, 5) is 21.7. The van der Waals surface area contributed by atoms with Gasteiger partial charge in [-0.1, -0.05) is 22.0 Å². The predicted octanol–water partition coefficient (Wildman–Crippen LogP) is 2.70. The molecule has 8 heteroatoms. The number of aromatic nitrogens is 2. The van der Waals surface area contributed by atoms with Crippen molar-refractivity contribution in [3.8, 4) is 0 Å². The fourth-order valence-electron chi connectivity index (χ4n) is 1.87. The zero-order valence-electron chi connectivity index (χ0n) is 11.4. The molecule has 21 heavy (non-hydrogen) atoms. The van der Waals surface area contributed by atoms with Crippen molar-refractivity contribution in [2.75, 3.05) is 7.11 Å². The van der Waals surface area contributed by atoms with Crippen LogP contribution in [0.5, 0.6) is 0 Å². The number of ether oxygens (including phenoxy) is 1. The zero-order valence-corrected chi connectivity index (χ0v) is 13.0. The van der Waals surface area contributed by atoms with Crippen molar-refractivity contribution >= 4 is 27.7 Å². The monoisotopic (exact) mass is 353 g/mol. The smallest absolute Gasteiger partial charge is 0.392 e. The molecule has 0 saturated carbocycles. The van der Waals surface area contributed by atoms with Gasteiger partial charge in [-0.25, -0.2) is 4.79 Å². The summed E-state index contributed by atoms with van der Waals surface area (Å²) in [6.45, 7) is 1.99. The molecule has 110 valence electrons. The lowest BCUT2D eigenvalue weighted by molar-refractivity contribution is -0.390. The van der Waals surface area contributed by atoms with E-state index in [0.717, 1.165) is 5.56 Å². The van der Waals surface area contributed by atoms with Crippen LogP contribution in [-0.4, -0.2) is 27.8 Å². The Hall–Kier alpha value is -2.22. The topological polar surface area (TPSA) is 87.3 Å². The predicted molar refractivity (Wildman–Crippen MR) is 78.2 cm³/mol. The van der Waals surface area contributed by atoms with Crippen LogP contribution >= 0.6 is 15.9 Å². The van der Waals surface area contributed by atoms with Crippen LogP contribution in [0.25, 0.3) is 0 Å². The normalized spacial score (nSPS) is 10.4. The first-order valence-corrected chi connectivity index (χ1v) is 6.77. The molecule has 7 nitrogen and oxygen atoms in total. The van der Waals surface area contributed by atoms with Crippen molar-refractivity contribution in [3.63, 3.8) is 0 Å². The van der Waals surface area contributed by atoms with E-state index in [2.05, 4.69) is 25.8 Å². The van der Waals surface area contributed by atoms with Gasteiger partial charge < -0.3 is 14.9 Å². The number of carbonyl (C=O) groups excluding carboxylic acids is 1. The molecule has 0 N–H and O–H groups in total. The maximum absolute atomic E-state index is 11.4. The summed E-state index contributed by atoms with van der Waals surface area (Å²) >= 11 is 3.37. The lowest BCUT2D eigenvalue weighted by Gasteiger charge is -2.05. The highest BCUT2D eigenvalue weighted by Crippen LogP contribution is 2.21. The number of hydrogen-bond donors (Lipinski definition) is 0. The van der Waals surface area contributed by atoms with Gasteiger partial charge in [-0.05, 0) is 29.5 Å². The fourth-order valence-corrected chi connectivity index (χ4v) is 2.37. The quantitative estimate of drug-likeness (QED) is 0.479. The van der Waals surface area contributed by atoms with Crippen LogP contribution in [0.4, 0.5) is 5.82 Å². The van der Waals surface area contributed by atoms with E-state index in [1.807, 2.05) is 0 Å². The number of hydrogen-bond acceptors (Lipinski definition) is 5. The maximum Gasteiger partial charge on any atom is 0.392 e. The Balaban J connectivity index is 2.26. The molecule has 1 aromatic heterocycles. The summed E-state index contributed by atoms with van der Waals surface area (Å²) in [5, 5.41) is 14.7. The third-order valence-corrected chi connectivity index (χ3v) is 3.64. The molecule has 0 aliphatic heterocycles. The Morgan fingerprint density at radius 3 is 2.76 bits per heavy atom. The molecule has 0 atom stereocenters. The fraction of sp³-hybridized carbons (Fsp3) is 0.231. The molecule has 2 aromatic rings. The largest absolute Gasteiger partial charge is 0.465 e. The number of aryl methyl sites for hydroxylation is 1. The number of esters is 1. The van der Waals surface area contributed by atoms with E-state index in [1.165, 1.54) is 11.8 Å². The zero-order chi connectivity index (χ0) is 15.6. The van der Waals surface area contributed by atoms with Crippen molar-refractivity contribution in [1.29, 1.82) is 0 Å². The van der Waals surface area contributed by atoms with Crippen molar-refractivity contribution < 1.29 is 14.5 Å². The van der Waals surface area contributed by atoms with Gasteiger partial charge >= 0.3 is 11.8 Å². The van der Waals surface area contributed by atoms with E-state index >= 15 is 0 Å². The Bertz CT molecular complexity index is 711. The van der Waals surface area contributed by atoms with E-state index in [0.29, 0.717) is 22.1 Å². The van der Waals surface area contributed by atoms with Gasteiger partial charge in [-0.3, -0.25) is 0 Å². The molecule has 0 spiro atoms. The molecule has 0 saturated heterocycles. The highest BCUT2D eigenvalue weighted by Gasteiger charge is 2.18. The number of carbonyl (C=O) groups is 1. The van der Waals surface area contributed by atoms with Crippen molar-refractivity contribution in [2.24, 2.45) is 0 Å². The molecule has 0 amide bonds. The molecule has 0 fully saturated rings. The Labute approximate surface area is 128 Å². The van der Waals surface area contributed by atoms with Crippen LogP contribution in [0.2, 0.25) is 0 Å². The van der Waals surface area contributed by atoms with Crippen LogP contribution < -0.4 is 0 Å². The van der Waals surface area contributed by atoms with Crippen LogP contribution in [0.3, 0.4) is 0 Å². The van der Waals surface area contributed by atoms with Crippen LogP contribution in [0, 0.1) is 17.0 Å². The molecule has 0 aliphatic carbocycles. The first-order valence-electron chi connectivity index (χ1n) is 5.97. The highest BCUT2D eigenvalue weighted by atomic mass is 79.9. The number of benzene rings is 1. The first kappa shape index (κ1) is 15.2. The number of nitrogens with zero attached hydrogens (tertiary/aromatic N) is 3. The average molecular weight is 354 g/mol. The van der Waals surface area contributed by atoms with Crippen LogP contribution in [0.1, 0.15) is 21.5 Å². The van der Waals surface area contributed by atoms with E-state index in [9.17, 15) is 14.9 Å². The minimum Gasteiger partial charge on any atom is -0.465 e. The lowest BCUT2D eigenvalue weighted by atomic mass is 10.1. The van der Waals surface area contributed by atoms with E-state index in [-0.39, 0.29) is 5.82 Å². The molecule has 0 unspecified atom stereocenters. The summed E-state index contributed by atoms with van der Waals surface area (Å²) in [5.41, 5.74) is 1.78. The van der Waals surface area contributed by atoms with Gasteiger partial charge in [0, 0.05) is 4.47 Å². The molecule has 0 aliphatic rings. The minimum atomic E-state index is -0.513. The summed E-state index contributed by atoms with van der Waals surface area (Å²) in [5.74, 6) is -0.579. The van der Waals surface area contributed by atoms with E-state index in [1.54, 1.807) is 31.3 Å². The van der Waals surface area contributed by atoms with E-state index in [4.69, 9.17) is 0 Å². The number of rotatable bonds is 4. The van der Waals surface area contributed by atoms with Crippen molar-refractivity contribution in [3.05, 3.63) is 55.7 Å². The molecule has 2 rings (SSSR count). The summed E-state index contributed by atoms with van der Waals surface area (Å²) in [6.07, 6.45) is 1.61. The third-order valence-electron chi connectivity index (χ3n) is 2.90. The van der Waals surface area contributed by atoms with E-state index < -0.39 is 10.9 Å². The van der Waals surface area contributed by atoms with Crippen molar-refractivity contribution in [1.82, 2.24) is 9.78 Å². The maximum atomic E-state index is 11.4. The molecular weight excluding hydrogens is 342 g/mol. The highest BCUT2D eigenvalue weighted by molar-refractivity contribution is 9.10. The van der Waals surface area contributed by atoms with Gasteiger partial charge in [0.25, 0.3) is 0 Å². The number of nitro groups is 1. The first-order chi connectivity index (χ1) is 9.92. The van der Waals surface area contributed by atoms with Crippen LogP contribution in [-0.2, 0) is 11.3 Å². The lowest BCUT2D eigenvalue weighted by Crippen LogP contribution is -2.05. The van der Waals surface area contributed by atoms with Gasteiger partial charge in [0.1, 0.15) is 0 Å². The second kappa shape index (κ2) is 6.04. The molecule has 0 radical (unpaired) electrons. The number of halogens is 1. The van der Waals surface area contributed by atoms with Gasteiger partial charge in [0.05, 0.1) is 36.1 Å². The standard InChI is InChI=1S/C13H12BrN3O4/c1-8-6-16(15-12(8)17(19)20)7-10-4-3-9(5-11(10)14)13(18)21-2/h3-6H,7H2,1-2H3. The summed E-state index contributed by atoms with van der Waals surface area (Å²) in [7, 11) is 1.32. The molecule has 1 heterocycles. The number of methoxy groups -OCH3 is 1. The Kier molecular flexibility index (Phi) is 4.37. The van der Waals surface area contributed by atoms with Gasteiger partial charge in [0.2, 0.25) is 0 Å². The third kappa shape index (κ3) is 3.27. The van der Waals surface area contributed by atoms with Gasteiger partial charge in [0.15, 0.2) is 0 Å². The summed E-state index contributed by atoms with van der Waals surface area (Å²) in [6, 6.07) is 5.03. The average Bonchev–Trinajstić information content (AvgIpc) is 2.81. The van der Waals surface area contributed by atoms with Gasteiger partial charge in [-0.2, -0.15) is 4.68 Å². The van der Waals surface area contributed by atoms with Crippen molar-refractivity contribution in [2.45, 2.75) is 13.5 Å². The molecule has 1 aromatic carbocycles. The second-order valence-corrected chi connectivity index (χ2v) is 5.24. The second-order valence-electron chi connectivity index (χ2n) is 4.39. The minimum absolute atomic E-state index is 0.155. The molecular formula is C13H12BrN3O4. The Morgan fingerprint density at radius 2 is 2.24 bits per heavy atom. The molecule has 0 bridgehead atoms. The Morgan fingerprint density at radius 1 is 1.52 bits per heavy atom. The SMILES string of the molecule is COC(=O)c1ccc(Cn2cc(C)c([N+](=O)[O-])n2)c(Br)c1. The van der Waals surface area contributed by atoms with Crippen LogP contribution in [0.15, 0.2) is 28.9 Å².